The van der Waals surface area contributed by atoms with Gasteiger partial charge in [0.25, 0.3) is 0 Å². The molecule has 0 saturated carbocycles. The first kappa shape index (κ1) is 10.2. The van der Waals surface area contributed by atoms with E-state index in [4.69, 9.17) is 9.47 Å². The second kappa shape index (κ2) is 4.45. The van der Waals surface area contributed by atoms with Gasteiger partial charge in [-0.1, -0.05) is 19.1 Å². The molecule has 0 radical (unpaired) electrons. The third-order valence-electron chi connectivity index (χ3n) is 3.34. The molecule has 1 aliphatic heterocycles. The van der Waals surface area contributed by atoms with Crippen molar-refractivity contribution in [2.45, 2.75) is 45.5 Å². The quantitative estimate of drug-likeness (QED) is 0.600. The van der Waals surface area contributed by atoms with Gasteiger partial charge in [0.05, 0.1) is 12.7 Å². The van der Waals surface area contributed by atoms with Crippen LogP contribution in [0.3, 0.4) is 0 Å². The van der Waals surface area contributed by atoms with E-state index in [1.165, 1.54) is 6.42 Å². The van der Waals surface area contributed by atoms with Crippen LogP contribution in [-0.4, -0.2) is 19.0 Å². The average molecular weight is 196 g/mol. The number of ether oxygens (including phenoxy) is 2. The van der Waals surface area contributed by atoms with E-state index >= 15 is 0 Å². The maximum absolute atomic E-state index is 5.84. The van der Waals surface area contributed by atoms with Crippen LogP contribution in [0.15, 0.2) is 12.2 Å². The summed E-state index contributed by atoms with van der Waals surface area (Å²) in [5.74, 6) is 1.25. The molecule has 80 valence electrons. The summed E-state index contributed by atoms with van der Waals surface area (Å²) in [5.41, 5.74) is 0. The van der Waals surface area contributed by atoms with Crippen LogP contribution in [0.2, 0.25) is 0 Å². The molecule has 1 heterocycles. The van der Waals surface area contributed by atoms with E-state index < -0.39 is 0 Å². The van der Waals surface area contributed by atoms with Gasteiger partial charge in [-0.05, 0) is 32.1 Å². The molecule has 2 aliphatic rings. The topological polar surface area (TPSA) is 18.5 Å². The Balaban J connectivity index is 1.95. The Bertz CT molecular complexity index is 212. The number of hydrogen-bond donors (Lipinski definition) is 0. The van der Waals surface area contributed by atoms with Crippen molar-refractivity contribution in [2.24, 2.45) is 11.8 Å². The fourth-order valence-electron chi connectivity index (χ4n) is 2.26. The van der Waals surface area contributed by atoms with E-state index in [0.29, 0.717) is 17.9 Å². The van der Waals surface area contributed by atoms with Crippen LogP contribution in [-0.2, 0) is 9.47 Å². The fraction of sp³-hybridized carbons (Fsp3) is 0.833. The zero-order valence-corrected chi connectivity index (χ0v) is 9.11. The normalized spacial score (nSPS) is 43.9. The molecule has 2 heteroatoms. The van der Waals surface area contributed by atoms with Crippen molar-refractivity contribution >= 4 is 0 Å². The van der Waals surface area contributed by atoms with E-state index in [1.807, 2.05) is 0 Å². The Kier molecular flexibility index (Phi) is 3.24. The van der Waals surface area contributed by atoms with Crippen molar-refractivity contribution < 1.29 is 9.47 Å². The minimum absolute atomic E-state index is 0.0405. The van der Waals surface area contributed by atoms with Gasteiger partial charge >= 0.3 is 0 Å². The standard InChI is InChI=1S/C12H20O2/c1-9-5-3-4-6-11(9)12-13-8-7-10(2)14-12/h3-4,9-12H,5-8H2,1-2H3/t9-,10+,11+,12-/m0/s1. The van der Waals surface area contributed by atoms with Crippen LogP contribution in [0.4, 0.5) is 0 Å². The monoisotopic (exact) mass is 196 g/mol. The summed E-state index contributed by atoms with van der Waals surface area (Å²) in [7, 11) is 0. The van der Waals surface area contributed by atoms with Crippen LogP contribution in [0.25, 0.3) is 0 Å². The average Bonchev–Trinajstić information content (AvgIpc) is 2.18. The molecule has 0 amide bonds. The number of allylic oxidation sites excluding steroid dienone is 2. The SMILES string of the molecule is C[C@@H]1CCO[C@H]([C@@H]2CC=CC[C@@H]2C)O1. The maximum Gasteiger partial charge on any atom is 0.161 e. The molecule has 1 fully saturated rings. The van der Waals surface area contributed by atoms with Gasteiger partial charge in [0.15, 0.2) is 6.29 Å². The van der Waals surface area contributed by atoms with Crippen molar-refractivity contribution in [3.8, 4) is 0 Å². The van der Waals surface area contributed by atoms with Crippen LogP contribution in [0.5, 0.6) is 0 Å². The van der Waals surface area contributed by atoms with Crippen LogP contribution >= 0.6 is 0 Å². The minimum Gasteiger partial charge on any atom is -0.352 e. The first-order valence-electron chi connectivity index (χ1n) is 5.69. The van der Waals surface area contributed by atoms with E-state index in [1.54, 1.807) is 0 Å². The van der Waals surface area contributed by atoms with E-state index in [2.05, 4.69) is 26.0 Å². The number of hydrogen-bond acceptors (Lipinski definition) is 2. The smallest absolute Gasteiger partial charge is 0.161 e. The third-order valence-corrected chi connectivity index (χ3v) is 3.34. The highest BCUT2D eigenvalue weighted by molar-refractivity contribution is 4.94. The molecule has 2 nitrogen and oxygen atoms in total. The van der Waals surface area contributed by atoms with E-state index in [9.17, 15) is 0 Å². The molecule has 1 aliphatic carbocycles. The van der Waals surface area contributed by atoms with Gasteiger partial charge in [0, 0.05) is 5.92 Å². The van der Waals surface area contributed by atoms with Gasteiger partial charge in [0.2, 0.25) is 0 Å². The first-order valence-corrected chi connectivity index (χ1v) is 5.69. The largest absolute Gasteiger partial charge is 0.352 e. The second-order valence-electron chi connectivity index (χ2n) is 4.56. The van der Waals surface area contributed by atoms with Gasteiger partial charge in [-0.15, -0.1) is 0 Å². The van der Waals surface area contributed by atoms with Gasteiger partial charge in [-0.2, -0.15) is 0 Å². The molecule has 0 spiro atoms. The van der Waals surface area contributed by atoms with Crippen molar-refractivity contribution in [1.82, 2.24) is 0 Å². The summed E-state index contributed by atoms with van der Waals surface area (Å²) >= 11 is 0. The second-order valence-corrected chi connectivity index (χ2v) is 4.56. The molecule has 14 heavy (non-hydrogen) atoms. The molecule has 0 aromatic carbocycles. The summed E-state index contributed by atoms with van der Waals surface area (Å²) in [6.45, 7) is 5.29. The Labute approximate surface area is 86.3 Å². The molecule has 4 atom stereocenters. The maximum atomic E-state index is 5.84. The highest BCUT2D eigenvalue weighted by Crippen LogP contribution is 2.32. The Morgan fingerprint density at radius 1 is 1.14 bits per heavy atom. The summed E-state index contributed by atoms with van der Waals surface area (Å²) in [6.07, 6.45) is 8.25. The van der Waals surface area contributed by atoms with Crippen LogP contribution in [0, 0.1) is 11.8 Å². The highest BCUT2D eigenvalue weighted by Gasteiger charge is 2.32. The lowest BCUT2D eigenvalue weighted by molar-refractivity contribution is -0.237. The van der Waals surface area contributed by atoms with Crippen LogP contribution in [0.1, 0.15) is 33.1 Å². The molecule has 2 rings (SSSR count). The summed E-state index contributed by atoms with van der Waals surface area (Å²) in [6, 6.07) is 0. The Morgan fingerprint density at radius 3 is 2.64 bits per heavy atom. The predicted octanol–water partition coefficient (Wildman–Crippen LogP) is 2.74. The lowest BCUT2D eigenvalue weighted by atomic mass is 9.83. The minimum atomic E-state index is 0.0405. The van der Waals surface area contributed by atoms with Crippen molar-refractivity contribution in [3.63, 3.8) is 0 Å². The van der Waals surface area contributed by atoms with Crippen LogP contribution < -0.4 is 0 Å². The Morgan fingerprint density at radius 2 is 1.93 bits per heavy atom. The molecule has 0 bridgehead atoms. The van der Waals surface area contributed by atoms with Crippen molar-refractivity contribution in [1.29, 1.82) is 0 Å². The van der Waals surface area contributed by atoms with Crippen molar-refractivity contribution in [2.75, 3.05) is 6.61 Å². The lowest BCUT2D eigenvalue weighted by Gasteiger charge is -2.37. The predicted molar refractivity (Wildman–Crippen MR) is 55.9 cm³/mol. The zero-order valence-electron chi connectivity index (χ0n) is 9.11. The van der Waals surface area contributed by atoms with E-state index in [-0.39, 0.29) is 6.29 Å². The Hall–Kier alpha value is -0.340. The first-order chi connectivity index (χ1) is 6.77. The zero-order chi connectivity index (χ0) is 9.97. The van der Waals surface area contributed by atoms with E-state index in [0.717, 1.165) is 19.4 Å². The molecular formula is C12H20O2. The van der Waals surface area contributed by atoms with Gasteiger partial charge < -0.3 is 9.47 Å². The summed E-state index contributed by atoms with van der Waals surface area (Å²) < 4.78 is 11.5. The van der Waals surface area contributed by atoms with Gasteiger partial charge in [-0.3, -0.25) is 0 Å². The number of rotatable bonds is 1. The van der Waals surface area contributed by atoms with Gasteiger partial charge in [-0.25, -0.2) is 0 Å². The molecule has 0 unspecified atom stereocenters. The van der Waals surface area contributed by atoms with Gasteiger partial charge in [0.1, 0.15) is 0 Å². The third kappa shape index (κ3) is 2.18. The highest BCUT2D eigenvalue weighted by atomic mass is 16.7. The lowest BCUT2D eigenvalue weighted by Crippen LogP contribution is -2.39. The molecular weight excluding hydrogens is 176 g/mol. The van der Waals surface area contributed by atoms with Crippen molar-refractivity contribution in [3.05, 3.63) is 12.2 Å². The molecule has 0 N–H and O–H groups in total. The summed E-state index contributed by atoms with van der Waals surface area (Å²) in [4.78, 5) is 0. The fourth-order valence-corrected chi connectivity index (χ4v) is 2.26. The summed E-state index contributed by atoms with van der Waals surface area (Å²) in [5, 5.41) is 0. The molecule has 1 saturated heterocycles. The molecule has 0 aromatic heterocycles. The molecule has 0 aromatic rings.